The van der Waals surface area contributed by atoms with E-state index >= 15 is 0 Å². The maximum atomic E-state index is 12.6. The predicted molar refractivity (Wildman–Crippen MR) is 87.3 cm³/mol. The highest BCUT2D eigenvalue weighted by atomic mass is 35.5. The Morgan fingerprint density at radius 1 is 1.48 bits per heavy atom. The number of hydrogen-bond donors (Lipinski definition) is 1. The summed E-state index contributed by atoms with van der Waals surface area (Å²) in [6, 6.07) is 5.30. The molecule has 6 heteroatoms. The maximum Gasteiger partial charge on any atom is 0.227 e. The molecular weight excluding hydrogens is 316 g/mol. The van der Waals surface area contributed by atoms with Crippen molar-refractivity contribution in [2.24, 2.45) is 17.1 Å². The molecule has 23 heavy (non-hydrogen) atoms. The summed E-state index contributed by atoms with van der Waals surface area (Å²) >= 11 is 6.21. The molecule has 2 N–H and O–H groups in total. The average Bonchev–Trinajstić information content (AvgIpc) is 3.07. The van der Waals surface area contributed by atoms with Crippen LogP contribution in [0.5, 0.6) is 5.75 Å². The number of nitrogens with two attached hydrogens (primary N) is 1. The van der Waals surface area contributed by atoms with Gasteiger partial charge in [-0.25, -0.2) is 0 Å². The summed E-state index contributed by atoms with van der Waals surface area (Å²) < 4.78 is 5.11. The molecule has 2 fully saturated rings. The van der Waals surface area contributed by atoms with Gasteiger partial charge in [-0.3, -0.25) is 9.59 Å². The third-order valence-corrected chi connectivity index (χ3v) is 5.67. The number of likely N-dealkylation sites (tertiary alicyclic amines) is 1. The summed E-state index contributed by atoms with van der Waals surface area (Å²) in [6.45, 7) is 1.06. The van der Waals surface area contributed by atoms with E-state index in [0.29, 0.717) is 23.9 Å². The molecule has 0 unspecified atom stereocenters. The molecule has 1 aliphatic carbocycles. The fraction of sp³-hybridized carbons (Fsp3) is 0.529. The molecule has 1 aromatic carbocycles. The first kappa shape index (κ1) is 16.1. The van der Waals surface area contributed by atoms with Crippen LogP contribution in [0, 0.1) is 11.3 Å². The van der Waals surface area contributed by atoms with Gasteiger partial charge in [-0.1, -0.05) is 24.1 Å². The number of carbonyl (C=O) groups is 2. The Morgan fingerprint density at radius 3 is 2.87 bits per heavy atom. The van der Waals surface area contributed by atoms with E-state index in [1.165, 1.54) is 0 Å². The second-order valence-electron chi connectivity index (χ2n) is 6.52. The third kappa shape index (κ3) is 2.78. The molecule has 1 saturated heterocycles. The lowest BCUT2D eigenvalue weighted by Gasteiger charge is -2.24. The number of fused-ring (bicyclic) bond motifs is 1. The maximum absolute atomic E-state index is 12.6. The molecule has 0 radical (unpaired) electrons. The third-order valence-electron chi connectivity index (χ3n) is 5.32. The topological polar surface area (TPSA) is 72.6 Å². The van der Waals surface area contributed by atoms with Gasteiger partial charge in [0.2, 0.25) is 11.8 Å². The molecule has 1 heterocycles. The van der Waals surface area contributed by atoms with E-state index in [1.807, 2.05) is 0 Å². The molecule has 2 amide bonds. The van der Waals surface area contributed by atoms with E-state index in [0.717, 1.165) is 24.8 Å². The first-order valence-electron chi connectivity index (χ1n) is 7.86. The second kappa shape index (κ2) is 6.04. The standard InChI is InChI=1S/C17H21ClN2O3/c1-23-13-5-4-11(14(18)8-13)7-15(21)20-9-12-3-2-6-17(12,10-20)16(19)22/h4-5,8,12H,2-3,6-7,9-10H2,1H3,(H2,19,22)/t12-,17-/m0/s1. The van der Waals surface area contributed by atoms with E-state index < -0.39 is 5.41 Å². The Morgan fingerprint density at radius 2 is 2.26 bits per heavy atom. The monoisotopic (exact) mass is 336 g/mol. The molecule has 2 aliphatic rings. The van der Waals surface area contributed by atoms with Crippen molar-refractivity contribution in [1.29, 1.82) is 0 Å². The Bertz CT molecular complexity index is 649. The summed E-state index contributed by atoms with van der Waals surface area (Å²) in [6.07, 6.45) is 3.00. The van der Waals surface area contributed by atoms with Crippen molar-refractivity contribution in [3.63, 3.8) is 0 Å². The van der Waals surface area contributed by atoms with Gasteiger partial charge in [0.1, 0.15) is 5.75 Å². The molecule has 5 nitrogen and oxygen atoms in total. The zero-order valence-electron chi connectivity index (χ0n) is 13.2. The minimum atomic E-state index is -0.515. The first-order chi connectivity index (χ1) is 11.0. The Labute approximate surface area is 140 Å². The number of nitrogens with zero attached hydrogens (tertiary/aromatic N) is 1. The summed E-state index contributed by atoms with van der Waals surface area (Å²) in [5.74, 6) is 0.592. The van der Waals surface area contributed by atoms with Crippen molar-refractivity contribution in [2.45, 2.75) is 25.7 Å². The zero-order valence-corrected chi connectivity index (χ0v) is 13.9. The van der Waals surface area contributed by atoms with Crippen molar-refractivity contribution in [3.8, 4) is 5.75 Å². The van der Waals surface area contributed by atoms with E-state index in [4.69, 9.17) is 22.1 Å². The van der Waals surface area contributed by atoms with Gasteiger partial charge in [0.05, 0.1) is 18.9 Å². The van der Waals surface area contributed by atoms with Gasteiger partial charge in [-0.2, -0.15) is 0 Å². The highest BCUT2D eigenvalue weighted by molar-refractivity contribution is 6.31. The lowest BCUT2D eigenvalue weighted by atomic mass is 9.80. The molecule has 0 bridgehead atoms. The van der Waals surface area contributed by atoms with Crippen molar-refractivity contribution in [1.82, 2.24) is 4.90 Å². The molecular formula is C17H21ClN2O3. The van der Waals surface area contributed by atoms with Crippen LogP contribution in [0.25, 0.3) is 0 Å². The van der Waals surface area contributed by atoms with Crippen LogP contribution < -0.4 is 10.5 Å². The van der Waals surface area contributed by atoms with Crippen molar-refractivity contribution in [2.75, 3.05) is 20.2 Å². The minimum absolute atomic E-state index is 0.00732. The van der Waals surface area contributed by atoms with Gasteiger partial charge in [0.25, 0.3) is 0 Å². The highest BCUT2D eigenvalue weighted by Gasteiger charge is 2.54. The van der Waals surface area contributed by atoms with Crippen LogP contribution in [0.15, 0.2) is 18.2 Å². The Balaban J connectivity index is 1.72. The number of hydrogen-bond acceptors (Lipinski definition) is 3. The molecule has 2 atom stereocenters. The first-order valence-corrected chi connectivity index (χ1v) is 8.24. The van der Waals surface area contributed by atoms with Gasteiger partial charge in [0.15, 0.2) is 0 Å². The quantitative estimate of drug-likeness (QED) is 0.914. The summed E-state index contributed by atoms with van der Waals surface area (Å²) in [5, 5.41) is 0.515. The van der Waals surface area contributed by atoms with Gasteiger partial charge >= 0.3 is 0 Å². The van der Waals surface area contributed by atoms with Crippen molar-refractivity contribution >= 4 is 23.4 Å². The van der Waals surface area contributed by atoms with E-state index in [-0.39, 0.29) is 24.2 Å². The fourth-order valence-corrected chi connectivity index (χ4v) is 4.19. The minimum Gasteiger partial charge on any atom is -0.497 e. The summed E-state index contributed by atoms with van der Waals surface area (Å²) in [4.78, 5) is 26.3. The number of primary amides is 1. The molecule has 0 aromatic heterocycles. The van der Waals surface area contributed by atoms with Crippen LogP contribution in [0.4, 0.5) is 0 Å². The van der Waals surface area contributed by atoms with Gasteiger partial charge in [-0.05, 0) is 36.5 Å². The number of methoxy groups -OCH3 is 1. The van der Waals surface area contributed by atoms with Crippen LogP contribution in [0.1, 0.15) is 24.8 Å². The molecule has 1 saturated carbocycles. The lowest BCUT2D eigenvalue weighted by molar-refractivity contribution is -0.131. The van der Waals surface area contributed by atoms with Crippen LogP contribution in [0.3, 0.4) is 0 Å². The van der Waals surface area contributed by atoms with Crippen LogP contribution in [0.2, 0.25) is 5.02 Å². The van der Waals surface area contributed by atoms with Crippen molar-refractivity contribution < 1.29 is 14.3 Å². The van der Waals surface area contributed by atoms with E-state index in [9.17, 15) is 9.59 Å². The number of carbonyl (C=O) groups excluding carboxylic acids is 2. The molecule has 1 aliphatic heterocycles. The Kier molecular flexibility index (Phi) is 4.23. The zero-order chi connectivity index (χ0) is 16.6. The number of halogens is 1. The van der Waals surface area contributed by atoms with Gasteiger partial charge in [-0.15, -0.1) is 0 Å². The predicted octanol–water partition coefficient (Wildman–Crippen LogP) is 2.01. The summed E-state index contributed by atoms with van der Waals surface area (Å²) in [5.41, 5.74) is 5.88. The van der Waals surface area contributed by atoms with E-state index in [2.05, 4.69) is 0 Å². The SMILES string of the molecule is COc1ccc(CC(=O)N2C[C@@H]3CCC[C@]3(C(N)=O)C2)c(Cl)c1. The average molecular weight is 337 g/mol. The molecule has 0 spiro atoms. The van der Waals surface area contributed by atoms with Crippen molar-refractivity contribution in [3.05, 3.63) is 28.8 Å². The molecule has 1 aromatic rings. The normalized spacial score (nSPS) is 26.2. The molecule has 124 valence electrons. The summed E-state index contributed by atoms with van der Waals surface area (Å²) in [7, 11) is 1.57. The smallest absolute Gasteiger partial charge is 0.227 e. The van der Waals surface area contributed by atoms with Crippen LogP contribution >= 0.6 is 11.6 Å². The lowest BCUT2D eigenvalue weighted by Crippen LogP contribution is -2.41. The van der Waals surface area contributed by atoms with E-state index in [1.54, 1.807) is 30.2 Å². The number of benzene rings is 1. The highest BCUT2D eigenvalue weighted by Crippen LogP contribution is 2.48. The number of ether oxygens (including phenoxy) is 1. The second-order valence-corrected chi connectivity index (χ2v) is 6.93. The Hall–Kier alpha value is -1.75. The fourth-order valence-electron chi connectivity index (χ4n) is 3.96. The number of amides is 2. The largest absolute Gasteiger partial charge is 0.497 e. The van der Waals surface area contributed by atoms with Gasteiger partial charge in [0, 0.05) is 18.1 Å². The van der Waals surface area contributed by atoms with Crippen LogP contribution in [-0.2, 0) is 16.0 Å². The number of rotatable bonds is 4. The van der Waals surface area contributed by atoms with Crippen LogP contribution in [-0.4, -0.2) is 36.9 Å². The molecule has 3 rings (SSSR count). The van der Waals surface area contributed by atoms with Gasteiger partial charge < -0.3 is 15.4 Å².